The maximum Gasteiger partial charge on any atom is 0.0454 e. The largest absolute Gasteiger partial charge is 0.288 e. The Balaban J connectivity index is 2.14. The van der Waals surface area contributed by atoms with E-state index >= 15 is 0 Å². The van der Waals surface area contributed by atoms with Gasteiger partial charge < -0.3 is 0 Å². The zero-order chi connectivity index (χ0) is 15.2. The highest BCUT2D eigenvalue weighted by molar-refractivity contribution is 6.04. The minimum atomic E-state index is 0.461. The Hall–Kier alpha value is -1.63. The van der Waals surface area contributed by atoms with Crippen molar-refractivity contribution in [3.8, 4) is 0 Å². The zero-order valence-electron chi connectivity index (χ0n) is 13.7. The lowest BCUT2D eigenvalue weighted by molar-refractivity contribution is 0.567. The van der Waals surface area contributed by atoms with E-state index in [0.29, 0.717) is 17.8 Å². The Morgan fingerprint density at radius 2 is 1.76 bits per heavy atom. The van der Waals surface area contributed by atoms with Crippen LogP contribution in [0.15, 0.2) is 59.1 Å². The van der Waals surface area contributed by atoms with Gasteiger partial charge in [0.1, 0.15) is 0 Å². The first-order chi connectivity index (χ1) is 10.1. The quantitative estimate of drug-likeness (QED) is 0.712. The molecule has 0 bridgehead atoms. The van der Waals surface area contributed by atoms with Crippen LogP contribution in [0.2, 0.25) is 0 Å². The lowest BCUT2D eigenvalue weighted by Crippen LogP contribution is -2.25. The maximum absolute atomic E-state index is 4.98. The van der Waals surface area contributed by atoms with Crippen LogP contribution in [0.25, 0.3) is 0 Å². The summed E-state index contributed by atoms with van der Waals surface area (Å²) in [7, 11) is 0. The molecule has 0 amide bonds. The molecule has 1 atom stereocenters. The van der Waals surface area contributed by atoms with Crippen LogP contribution < -0.4 is 0 Å². The molecule has 1 aromatic rings. The third kappa shape index (κ3) is 4.17. The Kier molecular flexibility index (Phi) is 5.55. The zero-order valence-corrected chi connectivity index (χ0v) is 13.7. The lowest BCUT2D eigenvalue weighted by atomic mass is 9.80. The Labute approximate surface area is 129 Å². The van der Waals surface area contributed by atoms with E-state index in [4.69, 9.17) is 4.99 Å². The molecule has 0 heterocycles. The second-order valence-electron chi connectivity index (χ2n) is 6.43. The molecule has 1 nitrogen and oxygen atoms in total. The highest BCUT2D eigenvalue weighted by Gasteiger charge is 2.24. The van der Waals surface area contributed by atoms with Crippen LogP contribution in [0.1, 0.15) is 33.3 Å². The summed E-state index contributed by atoms with van der Waals surface area (Å²) in [6, 6.07) is 10.6. The Morgan fingerprint density at radius 3 is 2.38 bits per heavy atom. The van der Waals surface area contributed by atoms with Crippen LogP contribution in [-0.2, 0) is 6.42 Å². The number of allylic oxidation sites excluding steroid dienone is 4. The van der Waals surface area contributed by atoms with Crippen molar-refractivity contribution in [1.82, 2.24) is 0 Å². The summed E-state index contributed by atoms with van der Waals surface area (Å²) in [6.45, 7) is 9.96. The van der Waals surface area contributed by atoms with Crippen molar-refractivity contribution in [3.63, 3.8) is 0 Å². The molecule has 0 spiro atoms. The summed E-state index contributed by atoms with van der Waals surface area (Å²) < 4.78 is 0. The molecule has 0 aliphatic heterocycles. The van der Waals surface area contributed by atoms with Crippen molar-refractivity contribution in [3.05, 3.63) is 59.7 Å². The number of hydrogen-bond acceptors (Lipinski definition) is 1. The fraction of sp³-hybridized carbons (Fsp3) is 0.450. The molecule has 1 aromatic carbocycles. The number of benzene rings is 1. The molecule has 1 heteroatoms. The topological polar surface area (TPSA) is 12.4 Å². The fourth-order valence-electron chi connectivity index (χ4n) is 2.82. The normalized spacial score (nSPS) is 20.4. The first-order valence-corrected chi connectivity index (χ1v) is 8.06. The van der Waals surface area contributed by atoms with E-state index in [-0.39, 0.29) is 0 Å². The molecule has 0 saturated heterocycles. The highest BCUT2D eigenvalue weighted by atomic mass is 14.7. The van der Waals surface area contributed by atoms with Gasteiger partial charge in [0.05, 0.1) is 0 Å². The van der Waals surface area contributed by atoms with Crippen LogP contribution in [0.5, 0.6) is 0 Å². The molecule has 1 aliphatic carbocycles. The maximum atomic E-state index is 4.98. The van der Waals surface area contributed by atoms with Gasteiger partial charge in [-0.25, -0.2) is 0 Å². The summed E-state index contributed by atoms with van der Waals surface area (Å²) >= 11 is 0. The van der Waals surface area contributed by atoms with Crippen molar-refractivity contribution in [2.24, 2.45) is 22.7 Å². The average Bonchev–Trinajstić information content (AvgIpc) is 2.48. The molecule has 1 unspecified atom stereocenters. The van der Waals surface area contributed by atoms with Gasteiger partial charge in [0, 0.05) is 18.2 Å². The van der Waals surface area contributed by atoms with Crippen molar-refractivity contribution < 1.29 is 0 Å². The third-order valence-electron chi connectivity index (χ3n) is 4.07. The molecule has 2 rings (SSSR count). The van der Waals surface area contributed by atoms with Gasteiger partial charge in [-0.2, -0.15) is 0 Å². The highest BCUT2D eigenvalue weighted by Crippen LogP contribution is 2.27. The van der Waals surface area contributed by atoms with Crippen LogP contribution in [0, 0.1) is 17.8 Å². The molecule has 0 fully saturated rings. The summed E-state index contributed by atoms with van der Waals surface area (Å²) in [5.41, 5.74) is 4.08. The molecule has 21 heavy (non-hydrogen) atoms. The first kappa shape index (κ1) is 15.8. The second-order valence-corrected chi connectivity index (χ2v) is 6.43. The van der Waals surface area contributed by atoms with E-state index in [2.05, 4.69) is 76.3 Å². The Morgan fingerprint density at radius 1 is 1.05 bits per heavy atom. The van der Waals surface area contributed by atoms with Gasteiger partial charge in [0.15, 0.2) is 0 Å². The molecule has 0 aromatic heterocycles. The lowest BCUT2D eigenvalue weighted by Gasteiger charge is -2.26. The van der Waals surface area contributed by atoms with Gasteiger partial charge in [0.2, 0.25) is 0 Å². The van der Waals surface area contributed by atoms with Crippen LogP contribution in [0.4, 0.5) is 0 Å². The van der Waals surface area contributed by atoms with Gasteiger partial charge in [-0.1, -0.05) is 76.3 Å². The monoisotopic (exact) mass is 281 g/mol. The van der Waals surface area contributed by atoms with E-state index in [1.165, 1.54) is 16.8 Å². The van der Waals surface area contributed by atoms with Crippen molar-refractivity contribution in [1.29, 1.82) is 0 Å². The third-order valence-corrected chi connectivity index (χ3v) is 4.07. The van der Waals surface area contributed by atoms with Crippen molar-refractivity contribution in [2.45, 2.75) is 34.1 Å². The number of hydrogen-bond donors (Lipinski definition) is 0. The Bertz CT molecular complexity index is 532. The smallest absolute Gasteiger partial charge is 0.0454 e. The van der Waals surface area contributed by atoms with E-state index in [1.54, 1.807) is 0 Å². The minimum absolute atomic E-state index is 0.461. The standard InChI is InChI=1S/C20H27N/c1-15(2)18-11-8-12-19(16(3)4)20(18)21-14-13-17-9-6-5-7-10-17/h5-12,15-16,18H,13-14H2,1-4H3. The van der Waals surface area contributed by atoms with E-state index < -0.39 is 0 Å². The first-order valence-electron chi connectivity index (χ1n) is 8.06. The predicted octanol–water partition coefficient (Wildman–Crippen LogP) is 5.09. The molecule has 0 radical (unpaired) electrons. The van der Waals surface area contributed by atoms with E-state index in [1.807, 2.05) is 0 Å². The van der Waals surface area contributed by atoms with E-state index in [0.717, 1.165) is 13.0 Å². The van der Waals surface area contributed by atoms with Crippen LogP contribution in [-0.4, -0.2) is 12.3 Å². The van der Waals surface area contributed by atoms with Crippen LogP contribution in [0.3, 0.4) is 0 Å². The van der Waals surface area contributed by atoms with Crippen molar-refractivity contribution in [2.75, 3.05) is 6.54 Å². The SMILES string of the molecule is CC(C)C1=CC=CC(C(C)C)C1=NCCc1ccccc1. The molecule has 0 saturated carbocycles. The molecule has 0 N–H and O–H groups in total. The van der Waals surface area contributed by atoms with Crippen LogP contribution >= 0.6 is 0 Å². The number of rotatable bonds is 5. The number of nitrogens with zero attached hydrogens (tertiary/aromatic N) is 1. The van der Waals surface area contributed by atoms with Gasteiger partial charge >= 0.3 is 0 Å². The van der Waals surface area contributed by atoms with Gasteiger partial charge in [-0.05, 0) is 29.4 Å². The van der Waals surface area contributed by atoms with Gasteiger partial charge in [-0.15, -0.1) is 0 Å². The summed E-state index contributed by atoms with van der Waals surface area (Å²) in [5.74, 6) is 1.59. The molecule has 112 valence electrons. The molecule has 1 aliphatic rings. The summed E-state index contributed by atoms with van der Waals surface area (Å²) in [6.07, 6.45) is 7.77. The van der Waals surface area contributed by atoms with E-state index in [9.17, 15) is 0 Å². The second kappa shape index (κ2) is 7.40. The van der Waals surface area contributed by atoms with Gasteiger partial charge in [0.25, 0.3) is 0 Å². The minimum Gasteiger partial charge on any atom is -0.288 e. The summed E-state index contributed by atoms with van der Waals surface area (Å²) in [5, 5.41) is 0. The average molecular weight is 281 g/mol. The van der Waals surface area contributed by atoms with Gasteiger partial charge in [-0.3, -0.25) is 4.99 Å². The fourth-order valence-corrected chi connectivity index (χ4v) is 2.82. The number of aliphatic imine (C=N–C) groups is 1. The van der Waals surface area contributed by atoms with Crippen molar-refractivity contribution >= 4 is 5.71 Å². The predicted molar refractivity (Wildman–Crippen MR) is 92.8 cm³/mol. The molecular formula is C20H27N. The molecular weight excluding hydrogens is 254 g/mol. The summed E-state index contributed by atoms with van der Waals surface area (Å²) in [4.78, 5) is 4.98.